The number of aliphatic hydroxyl groups excluding tert-OH is 1. The average Bonchev–Trinajstić information content (AvgIpc) is 2.05. The standard InChI is InChI=1S/C9H12O.3FH/c1-2-9(10)8-6-4-3-5-7-8;;;/h3-7,9-10H,2H2,1H3;3*1H. The lowest BCUT2D eigenvalue weighted by atomic mass is 10.1. The molecule has 0 aliphatic rings. The van der Waals surface area contributed by atoms with E-state index >= 15 is 0 Å². The van der Waals surface area contributed by atoms with Crippen LogP contribution in [0.2, 0.25) is 0 Å². The third-order valence-corrected chi connectivity index (χ3v) is 1.57. The van der Waals surface area contributed by atoms with Crippen LogP contribution in [0.15, 0.2) is 30.3 Å². The van der Waals surface area contributed by atoms with Crippen molar-refractivity contribution in [1.82, 2.24) is 0 Å². The van der Waals surface area contributed by atoms with Gasteiger partial charge in [-0.2, -0.15) is 0 Å². The molecule has 0 aliphatic heterocycles. The molecule has 1 aromatic rings. The maximum atomic E-state index is 9.33. The summed E-state index contributed by atoms with van der Waals surface area (Å²) in [6.07, 6.45) is 0.491. The monoisotopic (exact) mass is 196 g/mol. The molecular formula is C9H15F3O. The zero-order valence-corrected chi connectivity index (χ0v) is 7.34. The second-order valence-electron chi connectivity index (χ2n) is 2.33. The minimum atomic E-state index is -0.291. The first kappa shape index (κ1) is 17.9. The lowest BCUT2D eigenvalue weighted by Crippen LogP contribution is -1.93. The van der Waals surface area contributed by atoms with Crippen LogP contribution in [-0.2, 0) is 0 Å². The van der Waals surface area contributed by atoms with Crippen LogP contribution in [0.25, 0.3) is 0 Å². The molecule has 0 aromatic heterocycles. The molecule has 78 valence electrons. The molecule has 1 unspecified atom stereocenters. The second-order valence-corrected chi connectivity index (χ2v) is 2.33. The molecular weight excluding hydrogens is 181 g/mol. The van der Waals surface area contributed by atoms with E-state index in [1.807, 2.05) is 37.3 Å². The summed E-state index contributed by atoms with van der Waals surface area (Å²) in [4.78, 5) is 0. The van der Waals surface area contributed by atoms with Crippen molar-refractivity contribution in [3.8, 4) is 0 Å². The molecule has 1 nitrogen and oxygen atoms in total. The van der Waals surface area contributed by atoms with E-state index in [4.69, 9.17) is 0 Å². The number of hydrogen-bond donors (Lipinski definition) is 1. The maximum Gasteiger partial charge on any atom is 0.0787 e. The topological polar surface area (TPSA) is 20.2 Å². The van der Waals surface area contributed by atoms with E-state index in [0.29, 0.717) is 0 Å². The van der Waals surface area contributed by atoms with Gasteiger partial charge in [0.2, 0.25) is 0 Å². The van der Waals surface area contributed by atoms with Gasteiger partial charge in [-0.15, -0.1) is 0 Å². The normalized spacial score (nSPS) is 10.0. The van der Waals surface area contributed by atoms with Crippen LogP contribution < -0.4 is 0 Å². The second kappa shape index (κ2) is 9.06. The highest BCUT2D eigenvalue weighted by atomic mass is 19.0. The molecule has 0 aliphatic carbocycles. The fourth-order valence-corrected chi connectivity index (χ4v) is 0.911. The molecule has 4 heteroatoms. The molecule has 0 amide bonds. The molecule has 13 heavy (non-hydrogen) atoms. The number of halogens is 3. The molecule has 0 heterocycles. The van der Waals surface area contributed by atoms with Gasteiger partial charge in [-0.25, -0.2) is 0 Å². The molecule has 0 spiro atoms. The van der Waals surface area contributed by atoms with Crippen LogP contribution in [0.4, 0.5) is 14.1 Å². The number of hydrogen-bond acceptors (Lipinski definition) is 1. The van der Waals surface area contributed by atoms with Crippen LogP contribution in [0.1, 0.15) is 25.0 Å². The van der Waals surface area contributed by atoms with Crippen LogP contribution in [0.3, 0.4) is 0 Å². The molecule has 1 atom stereocenters. The van der Waals surface area contributed by atoms with Crippen molar-refractivity contribution >= 4 is 0 Å². The Labute approximate surface area is 75.5 Å². The van der Waals surface area contributed by atoms with E-state index in [9.17, 15) is 5.11 Å². The van der Waals surface area contributed by atoms with Gasteiger partial charge in [0, 0.05) is 0 Å². The summed E-state index contributed by atoms with van der Waals surface area (Å²) >= 11 is 0. The Morgan fingerprint density at radius 1 is 1.08 bits per heavy atom. The van der Waals surface area contributed by atoms with Crippen LogP contribution in [0.5, 0.6) is 0 Å². The van der Waals surface area contributed by atoms with Crippen LogP contribution >= 0.6 is 0 Å². The summed E-state index contributed by atoms with van der Waals surface area (Å²) < 4.78 is 0. The SMILES string of the molecule is CCC(O)c1ccccc1.F.F.F. The first-order chi connectivity index (χ1) is 4.84. The summed E-state index contributed by atoms with van der Waals surface area (Å²) in [5, 5.41) is 9.33. The summed E-state index contributed by atoms with van der Waals surface area (Å²) in [6.45, 7) is 1.97. The third kappa shape index (κ3) is 5.25. The fraction of sp³-hybridized carbons (Fsp3) is 0.333. The summed E-state index contributed by atoms with van der Waals surface area (Å²) in [5.74, 6) is 0. The van der Waals surface area contributed by atoms with Crippen molar-refractivity contribution in [1.29, 1.82) is 0 Å². The Morgan fingerprint density at radius 2 is 1.54 bits per heavy atom. The van der Waals surface area contributed by atoms with E-state index in [-0.39, 0.29) is 20.2 Å². The molecule has 0 radical (unpaired) electrons. The highest BCUT2D eigenvalue weighted by Gasteiger charge is 2.00. The highest BCUT2D eigenvalue weighted by molar-refractivity contribution is 5.16. The largest absolute Gasteiger partial charge is 0.388 e. The zero-order valence-electron chi connectivity index (χ0n) is 7.34. The van der Waals surface area contributed by atoms with E-state index in [2.05, 4.69) is 0 Å². The number of benzene rings is 1. The quantitative estimate of drug-likeness (QED) is 0.770. The molecule has 1 N–H and O–H groups in total. The zero-order chi connectivity index (χ0) is 7.40. The number of aliphatic hydroxyl groups is 1. The molecule has 0 saturated carbocycles. The predicted octanol–water partition coefficient (Wildman–Crippen LogP) is 2.59. The van der Waals surface area contributed by atoms with Gasteiger partial charge < -0.3 is 5.11 Å². The van der Waals surface area contributed by atoms with Crippen molar-refractivity contribution < 1.29 is 19.2 Å². The minimum absolute atomic E-state index is 0. The van der Waals surface area contributed by atoms with Gasteiger partial charge in [-0.1, -0.05) is 37.3 Å². The van der Waals surface area contributed by atoms with Gasteiger partial charge in [-0.05, 0) is 12.0 Å². The fourth-order valence-electron chi connectivity index (χ4n) is 0.911. The van der Waals surface area contributed by atoms with Gasteiger partial charge in [0.15, 0.2) is 0 Å². The van der Waals surface area contributed by atoms with Crippen molar-refractivity contribution in [2.75, 3.05) is 0 Å². The maximum absolute atomic E-state index is 9.33. The van der Waals surface area contributed by atoms with Crippen molar-refractivity contribution in [2.24, 2.45) is 0 Å². The van der Waals surface area contributed by atoms with Crippen molar-refractivity contribution in [2.45, 2.75) is 19.4 Å². The lowest BCUT2D eigenvalue weighted by molar-refractivity contribution is 0.173. The van der Waals surface area contributed by atoms with Gasteiger partial charge in [0.25, 0.3) is 0 Å². The first-order valence-corrected chi connectivity index (χ1v) is 3.57. The average molecular weight is 196 g/mol. The Hall–Kier alpha value is -1.03. The summed E-state index contributed by atoms with van der Waals surface area (Å²) in [6, 6.07) is 9.70. The summed E-state index contributed by atoms with van der Waals surface area (Å²) in [5.41, 5.74) is 1.00. The van der Waals surface area contributed by atoms with Crippen LogP contribution in [0, 0.1) is 0 Å². The van der Waals surface area contributed by atoms with Crippen molar-refractivity contribution in [3.63, 3.8) is 0 Å². The van der Waals surface area contributed by atoms with E-state index in [1.165, 1.54) is 0 Å². The Morgan fingerprint density at radius 3 is 1.92 bits per heavy atom. The van der Waals surface area contributed by atoms with Gasteiger partial charge in [0.1, 0.15) is 0 Å². The van der Waals surface area contributed by atoms with E-state index < -0.39 is 0 Å². The van der Waals surface area contributed by atoms with Gasteiger partial charge in [-0.3, -0.25) is 14.1 Å². The molecule has 1 aromatic carbocycles. The molecule has 0 saturated heterocycles. The van der Waals surface area contributed by atoms with E-state index in [1.54, 1.807) is 0 Å². The van der Waals surface area contributed by atoms with E-state index in [0.717, 1.165) is 12.0 Å². The first-order valence-electron chi connectivity index (χ1n) is 3.57. The predicted molar refractivity (Wildman–Crippen MR) is 49.2 cm³/mol. The Bertz CT molecular complexity index is 191. The summed E-state index contributed by atoms with van der Waals surface area (Å²) in [7, 11) is 0. The lowest BCUT2D eigenvalue weighted by Gasteiger charge is -2.05. The smallest absolute Gasteiger partial charge is 0.0787 e. The Kier molecular flexibility index (Phi) is 12.5. The van der Waals surface area contributed by atoms with Gasteiger partial charge in [0.05, 0.1) is 6.10 Å². The number of rotatable bonds is 2. The molecule has 1 rings (SSSR count). The van der Waals surface area contributed by atoms with Crippen molar-refractivity contribution in [3.05, 3.63) is 35.9 Å². The minimum Gasteiger partial charge on any atom is -0.388 e. The highest BCUT2D eigenvalue weighted by Crippen LogP contribution is 2.14. The third-order valence-electron chi connectivity index (χ3n) is 1.57. The Balaban J connectivity index is -0.000000333. The van der Waals surface area contributed by atoms with Gasteiger partial charge >= 0.3 is 0 Å². The molecule has 0 fully saturated rings. The molecule has 0 bridgehead atoms. The van der Waals surface area contributed by atoms with Crippen LogP contribution in [-0.4, -0.2) is 5.11 Å².